The number of nitrogens with one attached hydrogen (secondary N) is 1. The molecule has 0 aromatic rings. The maximum atomic E-state index is 5.86. The smallest absolute Gasteiger partial charge is 0.0530 e. The standard InChI is InChI=1S/C7H12ClN/c1-9-7-4-2-3-6(8)5-7/h2-3,6-7,9H,4-5H2,1H3/t6-,7?/m0/s1. The third-order valence-corrected chi connectivity index (χ3v) is 2.01. The molecule has 1 rings (SSSR count). The van der Waals surface area contributed by atoms with Crippen LogP contribution in [-0.4, -0.2) is 18.5 Å². The maximum Gasteiger partial charge on any atom is 0.0530 e. The van der Waals surface area contributed by atoms with Gasteiger partial charge in [0.1, 0.15) is 0 Å². The van der Waals surface area contributed by atoms with Crippen LogP contribution in [0.2, 0.25) is 0 Å². The Kier molecular flexibility index (Phi) is 2.55. The molecule has 0 saturated carbocycles. The fraction of sp³-hybridized carbons (Fsp3) is 0.714. The minimum atomic E-state index is 0.246. The third-order valence-electron chi connectivity index (χ3n) is 1.68. The first kappa shape index (κ1) is 7.10. The number of halogens is 1. The molecular formula is C7H12ClN. The molecule has 1 aliphatic rings. The molecule has 52 valence electrons. The van der Waals surface area contributed by atoms with Crippen LogP contribution in [0, 0.1) is 0 Å². The average molecular weight is 146 g/mol. The molecule has 0 spiro atoms. The van der Waals surface area contributed by atoms with Gasteiger partial charge in [-0.25, -0.2) is 0 Å². The molecule has 0 aromatic heterocycles. The van der Waals surface area contributed by atoms with Gasteiger partial charge in [0.05, 0.1) is 5.38 Å². The number of allylic oxidation sites excluding steroid dienone is 1. The molecule has 1 aliphatic carbocycles. The number of hydrogen-bond acceptors (Lipinski definition) is 1. The molecule has 1 unspecified atom stereocenters. The molecule has 0 fully saturated rings. The van der Waals surface area contributed by atoms with E-state index < -0.39 is 0 Å². The van der Waals surface area contributed by atoms with Crippen molar-refractivity contribution >= 4 is 11.6 Å². The summed E-state index contributed by atoms with van der Waals surface area (Å²) in [5.41, 5.74) is 0. The van der Waals surface area contributed by atoms with Crippen LogP contribution in [0.4, 0.5) is 0 Å². The zero-order valence-corrected chi connectivity index (χ0v) is 6.36. The lowest BCUT2D eigenvalue weighted by molar-refractivity contribution is 0.520. The summed E-state index contributed by atoms with van der Waals surface area (Å²) in [7, 11) is 1.98. The van der Waals surface area contributed by atoms with E-state index in [1.54, 1.807) is 0 Å². The van der Waals surface area contributed by atoms with E-state index in [2.05, 4.69) is 17.5 Å². The Morgan fingerprint density at radius 3 is 2.89 bits per heavy atom. The lowest BCUT2D eigenvalue weighted by atomic mass is 10.0. The second kappa shape index (κ2) is 3.23. The molecule has 0 amide bonds. The van der Waals surface area contributed by atoms with Crippen LogP contribution in [0.5, 0.6) is 0 Å². The summed E-state index contributed by atoms with van der Waals surface area (Å²) in [5, 5.41) is 3.45. The van der Waals surface area contributed by atoms with E-state index in [4.69, 9.17) is 11.6 Å². The first-order valence-electron chi connectivity index (χ1n) is 3.31. The Morgan fingerprint density at radius 2 is 2.44 bits per heavy atom. The second-order valence-electron chi connectivity index (χ2n) is 2.40. The highest BCUT2D eigenvalue weighted by atomic mass is 35.5. The van der Waals surface area contributed by atoms with Gasteiger partial charge in [-0.2, -0.15) is 0 Å². The fourth-order valence-corrected chi connectivity index (χ4v) is 1.39. The van der Waals surface area contributed by atoms with Gasteiger partial charge in [0.2, 0.25) is 0 Å². The molecule has 2 heteroatoms. The Labute approximate surface area is 61.1 Å². The molecule has 0 bridgehead atoms. The summed E-state index contributed by atoms with van der Waals surface area (Å²) >= 11 is 5.86. The minimum absolute atomic E-state index is 0.246. The molecule has 2 atom stereocenters. The topological polar surface area (TPSA) is 12.0 Å². The van der Waals surface area contributed by atoms with Crippen molar-refractivity contribution in [3.63, 3.8) is 0 Å². The summed E-state index contributed by atoms with van der Waals surface area (Å²) < 4.78 is 0. The van der Waals surface area contributed by atoms with Gasteiger partial charge >= 0.3 is 0 Å². The van der Waals surface area contributed by atoms with Crippen molar-refractivity contribution in [2.75, 3.05) is 7.05 Å². The second-order valence-corrected chi connectivity index (χ2v) is 2.96. The normalized spacial score (nSPS) is 34.9. The average Bonchev–Trinajstić information content (AvgIpc) is 1.88. The molecule has 1 N–H and O–H groups in total. The van der Waals surface area contributed by atoms with Gasteiger partial charge in [0.25, 0.3) is 0 Å². The van der Waals surface area contributed by atoms with Crippen molar-refractivity contribution in [2.45, 2.75) is 24.3 Å². The van der Waals surface area contributed by atoms with Gasteiger partial charge in [0, 0.05) is 6.04 Å². The predicted octanol–water partition coefficient (Wildman–Crippen LogP) is 1.53. The summed E-state index contributed by atoms with van der Waals surface area (Å²) in [4.78, 5) is 0. The van der Waals surface area contributed by atoms with Crippen LogP contribution in [0.1, 0.15) is 12.8 Å². The van der Waals surface area contributed by atoms with Crippen molar-refractivity contribution in [3.05, 3.63) is 12.2 Å². The SMILES string of the molecule is CNC1CC=C[C@H](Cl)C1. The van der Waals surface area contributed by atoms with Crippen LogP contribution >= 0.6 is 11.6 Å². The highest BCUT2D eigenvalue weighted by Crippen LogP contribution is 2.15. The fourth-order valence-electron chi connectivity index (χ4n) is 1.07. The van der Waals surface area contributed by atoms with Crippen LogP contribution in [0.3, 0.4) is 0 Å². The lowest BCUT2D eigenvalue weighted by Crippen LogP contribution is -2.29. The van der Waals surface area contributed by atoms with E-state index in [1.807, 2.05) is 7.05 Å². The van der Waals surface area contributed by atoms with Gasteiger partial charge in [0.15, 0.2) is 0 Å². The molecular weight excluding hydrogens is 134 g/mol. The highest BCUT2D eigenvalue weighted by molar-refractivity contribution is 6.21. The Balaban J connectivity index is 2.38. The highest BCUT2D eigenvalue weighted by Gasteiger charge is 2.12. The molecule has 0 saturated heterocycles. The summed E-state index contributed by atoms with van der Waals surface area (Å²) in [5.74, 6) is 0. The lowest BCUT2D eigenvalue weighted by Gasteiger charge is -2.19. The van der Waals surface area contributed by atoms with Crippen LogP contribution in [0.15, 0.2) is 12.2 Å². The van der Waals surface area contributed by atoms with Gasteiger partial charge in [-0.3, -0.25) is 0 Å². The summed E-state index contributed by atoms with van der Waals surface area (Å²) in [6.45, 7) is 0. The van der Waals surface area contributed by atoms with Crippen molar-refractivity contribution in [1.29, 1.82) is 0 Å². The van der Waals surface area contributed by atoms with Crippen LogP contribution < -0.4 is 5.32 Å². The Hall–Kier alpha value is -0.0100. The molecule has 0 heterocycles. The first-order valence-corrected chi connectivity index (χ1v) is 3.74. The van der Waals surface area contributed by atoms with E-state index in [-0.39, 0.29) is 5.38 Å². The molecule has 0 aromatic carbocycles. The van der Waals surface area contributed by atoms with Crippen LogP contribution in [0.25, 0.3) is 0 Å². The molecule has 0 radical (unpaired) electrons. The minimum Gasteiger partial charge on any atom is -0.317 e. The zero-order chi connectivity index (χ0) is 6.69. The molecule has 1 nitrogen and oxygen atoms in total. The zero-order valence-electron chi connectivity index (χ0n) is 5.60. The van der Waals surface area contributed by atoms with Gasteiger partial charge in [-0.05, 0) is 19.9 Å². The maximum absolute atomic E-state index is 5.86. The number of alkyl halides is 1. The monoisotopic (exact) mass is 145 g/mol. The van der Waals surface area contributed by atoms with Crippen molar-refractivity contribution in [2.24, 2.45) is 0 Å². The van der Waals surface area contributed by atoms with E-state index in [1.165, 1.54) is 0 Å². The largest absolute Gasteiger partial charge is 0.317 e. The Bertz CT molecular complexity index is 111. The molecule has 9 heavy (non-hydrogen) atoms. The van der Waals surface area contributed by atoms with Gasteiger partial charge in [-0.1, -0.05) is 12.2 Å². The van der Waals surface area contributed by atoms with Gasteiger partial charge < -0.3 is 5.32 Å². The quantitative estimate of drug-likeness (QED) is 0.436. The summed E-state index contributed by atoms with van der Waals surface area (Å²) in [6.07, 6.45) is 6.39. The van der Waals surface area contributed by atoms with Crippen molar-refractivity contribution < 1.29 is 0 Å². The first-order chi connectivity index (χ1) is 4.33. The van der Waals surface area contributed by atoms with Crippen molar-refractivity contribution in [1.82, 2.24) is 5.32 Å². The van der Waals surface area contributed by atoms with E-state index >= 15 is 0 Å². The Morgan fingerprint density at radius 1 is 1.67 bits per heavy atom. The van der Waals surface area contributed by atoms with Gasteiger partial charge in [-0.15, -0.1) is 11.6 Å². The van der Waals surface area contributed by atoms with E-state index in [9.17, 15) is 0 Å². The summed E-state index contributed by atoms with van der Waals surface area (Å²) in [6, 6.07) is 0.595. The number of hydrogen-bond donors (Lipinski definition) is 1. The van der Waals surface area contributed by atoms with E-state index in [0.717, 1.165) is 12.8 Å². The predicted molar refractivity (Wildman–Crippen MR) is 40.9 cm³/mol. The van der Waals surface area contributed by atoms with Crippen molar-refractivity contribution in [3.8, 4) is 0 Å². The van der Waals surface area contributed by atoms with E-state index in [0.29, 0.717) is 6.04 Å². The number of rotatable bonds is 1. The molecule has 0 aliphatic heterocycles. The van der Waals surface area contributed by atoms with Crippen LogP contribution in [-0.2, 0) is 0 Å². The third kappa shape index (κ3) is 1.99.